The van der Waals surface area contributed by atoms with Gasteiger partial charge in [-0.1, -0.05) is 22.0 Å². The smallest absolute Gasteiger partial charge is 0.256 e. The van der Waals surface area contributed by atoms with E-state index < -0.39 is 0 Å². The Labute approximate surface area is 177 Å². The number of benzene rings is 2. The third-order valence-corrected chi connectivity index (χ3v) is 5.40. The van der Waals surface area contributed by atoms with E-state index >= 15 is 0 Å². The van der Waals surface area contributed by atoms with Crippen molar-refractivity contribution >= 4 is 38.5 Å². The maximum Gasteiger partial charge on any atom is 0.256 e. The number of aryl methyl sites for hydroxylation is 2. The molecule has 0 spiro atoms. The number of fused-ring (bicyclic) bond motifs is 1. The zero-order valence-electron chi connectivity index (χ0n) is 16.5. The lowest BCUT2D eigenvalue weighted by Gasteiger charge is -2.11. The Hall–Kier alpha value is -2.44. The Morgan fingerprint density at radius 1 is 1.17 bits per heavy atom. The van der Waals surface area contributed by atoms with Crippen LogP contribution < -0.4 is 10.9 Å². The van der Waals surface area contributed by atoms with E-state index in [1.54, 1.807) is 0 Å². The summed E-state index contributed by atoms with van der Waals surface area (Å²) in [5, 5.41) is 3.81. The second kappa shape index (κ2) is 8.51. The molecule has 3 aromatic rings. The van der Waals surface area contributed by atoms with Crippen LogP contribution in [0.5, 0.6) is 0 Å². The molecule has 4 rings (SSSR count). The van der Waals surface area contributed by atoms with E-state index in [0.717, 1.165) is 46.1 Å². The Bertz CT molecular complexity index is 1110. The first-order valence-electron chi connectivity index (χ1n) is 9.74. The molecule has 0 saturated carbocycles. The predicted octanol–water partition coefficient (Wildman–Crippen LogP) is 4.95. The van der Waals surface area contributed by atoms with Gasteiger partial charge < -0.3 is 14.5 Å². The van der Waals surface area contributed by atoms with Crippen molar-refractivity contribution in [2.45, 2.75) is 32.8 Å². The molecule has 2 heterocycles. The Kier molecular flexibility index (Phi) is 5.83. The van der Waals surface area contributed by atoms with Gasteiger partial charge in [0.05, 0.1) is 11.8 Å². The highest BCUT2D eigenvalue weighted by molar-refractivity contribution is 9.10. The van der Waals surface area contributed by atoms with Gasteiger partial charge in [0, 0.05) is 23.0 Å². The van der Waals surface area contributed by atoms with Crippen LogP contribution in [0.4, 0.5) is 5.69 Å². The molecule has 0 unspecified atom stereocenters. The van der Waals surface area contributed by atoms with E-state index in [-0.39, 0.29) is 12.0 Å². The van der Waals surface area contributed by atoms with Gasteiger partial charge >= 0.3 is 0 Å². The zero-order valence-corrected chi connectivity index (χ0v) is 18.1. The van der Waals surface area contributed by atoms with Gasteiger partial charge in [0.25, 0.3) is 5.91 Å². The molecule has 1 fully saturated rings. The van der Waals surface area contributed by atoms with Crippen molar-refractivity contribution in [2.24, 2.45) is 4.99 Å². The Balaban J connectivity index is 1.77. The van der Waals surface area contributed by atoms with E-state index in [0.29, 0.717) is 23.2 Å². The molecule has 1 amide bonds. The lowest BCUT2D eigenvalue weighted by molar-refractivity contribution is 0.0854. The summed E-state index contributed by atoms with van der Waals surface area (Å²) in [7, 11) is 0. The number of nitrogens with one attached hydrogen (secondary N) is 1. The van der Waals surface area contributed by atoms with Crippen LogP contribution in [-0.4, -0.2) is 25.2 Å². The predicted molar refractivity (Wildman–Crippen MR) is 116 cm³/mol. The number of carbonyl (C=O) groups excluding carboxylic acids is 1. The monoisotopic (exact) mass is 454 g/mol. The van der Waals surface area contributed by atoms with Gasteiger partial charge in [-0.3, -0.25) is 4.79 Å². The molecule has 1 N–H and O–H groups in total. The molecule has 1 saturated heterocycles. The molecule has 0 radical (unpaired) electrons. The minimum absolute atomic E-state index is 0.0744. The molecule has 2 aromatic carbocycles. The second-order valence-electron chi connectivity index (χ2n) is 7.45. The molecule has 0 aliphatic carbocycles. The first kappa shape index (κ1) is 19.9. The molecule has 1 atom stereocenters. The number of ether oxygens (including phenoxy) is 1. The topological polar surface area (TPSA) is 63.8 Å². The standard InChI is InChI=1S/C23H23BrN2O3/c1-14-8-15(2)10-18(9-14)26-23-20(22(27)25-13-19-4-3-7-28-19)12-16-11-17(24)5-6-21(16)29-23/h5-6,8-12,19H,3-4,7,13H2,1-2H3,(H,25,27)/t19-/m1/s1. The van der Waals surface area contributed by atoms with Crippen molar-refractivity contribution in [3.05, 3.63) is 69.2 Å². The summed E-state index contributed by atoms with van der Waals surface area (Å²) < 4.78 is 12.6. The highest BCUT2D eigenvalue weighted by atomic mass is 79.9. The van der Waals surface area contributed by atoms with E-state index in [9.17, 15) is 4.79 Å². The van der Waals surface area contributed by atoms with Crippen LogP contribution in [-0.2, 0) is 4.74 Å². The lowest BCUT2D eigenvalue weighted by Crippen LogP contribution is -2.34. The number of amides is 1. The largest absolute Gasteiger partial charge is 0.438 e. The van der Waals surface area contributed by atoms with Gasteiger partial charge in [-0.15, -0.1) is 0 Å². The van der Waals surface area contributed by atoms with Crippen molar-refractivity contribution in [3.8, 4) is 0 Å². The molecule has 5 nitrogen and oxygen atoms in total. The van der Waals surface area contributed by atoms with Crippen molar-refractivity contribution in [3.63, 3.8) is 0 Å². The van der Waals surface area contributed by atoms with Gasteiger partial charge in [0.1, 0.15) is 11.1 Å². The Morgan fingerprint density at radius 2 is 1.97 bits per heavy atom. The third kappa shape index (κ3) is 4.77. The maximum atomic E-state index is 13.0. The van der Waals surface area contributed by atoms with Gasteiger partial charge in [-0.05, 0) is 74.2 Å². The van der Waals surface area contributed by atoms with Gasteiger partial charge in [-0.2, -0.15) is 0 Å². The van der Waals surface area contributed by atoms with Crippen molar-refractivity contribution in [2.75, 3.05) is 13.2 Å². The van der Waals surface area contributed by atoms with Crippen LogP contribution in [0.1, 0.15) is 34.3 Å². The van der Waals surface area contributed by atoms with Crippen molar-refractivity contribution in [1.82, 2.24) is 5.32 Å². The van der Waals surface area contributed by atoms with E-state index in [1.807, 2.05) is 50.2 Å². The van der Waals surface area contributed by atoms with E-state index in [2.05, 4.69) is 32.3 Å². The van der Waals surface area contributed by atoms with Crippen LogP contribution >= 0.6 is 15.9 Å². The van der Waals surface area contributed by atoms with Crippen LogP contribution in [0.2, 0.25) is 0 Å². The zero-order chi connectivity index (χ0) is 20.4. The van der Waals surface area contributed by atoms with Crippen molar-refractivity contribution in [1.29, 1.82) is 0 Å². The van der Waals surface area contributed by atoms with Crippen LogP contribution in [0.15, 0.2) is 56.3 Å². The SMILES string of the molecule is Cc1cc(C)cc(N=c2oc3ccc(Br)cc3cc2C(=O)NC[C@H]2CCCO2)c1. The number of nitrogens with zero attached hydrogens (tertiary/aromatic N) is 1. The highest BCUT2D eigenvalue weighted by Crippen LogP contribution is 2.21. The van der Waals surface area contributed by atoms with Gasteiger partial charge in [-0.25, -0.2) is 4.99 Å². The summed E-state index contributed by atoms with van der Waals surface area (Å²) in [5.41, 5.74) is 4.36. The molecule has 1 aromatic heterocycles. The van der Waals surface area contributed by atoms with Gasteiger partial charge in [0.2, 0.25) is 5.55 Å². The van der Waals surface area contributed by atoms with Crippen LogP contribution in [0, 0.1) is 13.8 Å². The third-order valence-electron chi connectivity index (χ3n) is 4.90. The summed E-state index contributed by atoms with van der Waals surface area (Å²) in [5.74, 6) is -0.214. The number of carbonyl (C=O) groups is 1. The summed E-state index contributed by atoms with van der Waals surface area (Å²) >= 11 is 3.48. The molecular weight excluding hydrogens is 432 g/mol. The molecule has 1 aliphatic heterocycles. The summed E-state index contributed by atoms with van der Waals surface area (Å²) in [6.07, 6.45) is 2.08. The minimum atomic E-state index is -0.214. The van der Waals surface area contributed by atoms with E-state index in [4.69, 9.17) is 9.15 Å². The molecule has 29 heavy (non-hydrogen) atoms. The van der Waals surface area contributed by atoms with Crippen molar-refractivity contribution < 1.29 is 13.9 Å². The highest BCUT2D eigenvalue weighted by Gasteiger charge is 2.18. The number of halogens is 1. The summed E-state index contributed by atoms with van der Waals surface area (Å²) in [6, 6.07) is 13.6. The normalized spacial score (nSPS) is 17.1. The van der Waals surface area contributed by atoms with Gasteiger partial charge in [0.15, 0.2) is 0 Å². The summed E-state index contributed by atoms with van der Waals surface area (Å²) in [6.45, 7) is 5.29. The lowest BCUT2D eigenvalue weighted by atomic mass is 10.1. The quantitative estimate of drug-likeness (QED) is 0.606. The average Bonchev–Trinajstić information content (AvgIpc) is 3.18. The second-order valence-corrected chi connectivity index (χ2v) is 8.37. The van der Waals surface area contributed by atoms with Crippen LogP contribution in [0.25, 0.3) is 11.0 Å². The molecular formula is C23H23BrN2O3. The molecule has 150 valence electrons. The minimum Gasteiger partial charge on any atom is -0.438 e. The average molecular weight is 455 g/mol. The summed E-state index contributed by atoms with van der Waals surface area (Å²) in [4.78, 5) is 17.6. The maximum absolute atomic E-state index is 13.0. The fourth-order valence-electron chi connectivity index (χ4n) is 3.59. The number of hydrogen-bond acceptors (Lipinski definition) is 4. The van der Waals surface area contributed by atoms with E-state index in [1.165, 1.54) is 0 Å². The first-order valence-corrected chi connectivity index (χ1v) is 10.5. The molecule has 0 bridgehead atoms. The fourth-order valence-corrected chi connectivity index (χ4v) is 3.97. The Morgan fingerprint density at radius 3 is 2.69 bits per heavy atom. The number of rotatable bonds is 4. The first-order chi connectivity index (χ1) is 14.0. The molecule has 6 heteroatoms. The number of hydrogen-bond donors (Lipinski definition) is 1. The fraction of sp³-hybridized carbons (Fsp3) is 0.304. The molecule has 1 aliphatic rings. The van der Waals surface area contributed by atoms with Crippen LogP contribution in [0.3, 0.4) is 0 Å².